The van der Waals surface area contributed by atoms with Gasteiger partial charge in [-0.1, -0.05) is 0 Å². The van der Waals surface area contributed by atoms with Gasteiger partial charge in [0.25, 0.3) is 0 Å². The van der Waals surface area contributed by atoms with Gasteiger partial charge in [0, 0.05) is 20.0 Å². The molecule has 0 saturated carbocycles. The van der Waals surface area contributed by atoms with Crippen LogP contribution >= 0.6 is 0 Å². The molecule has 1 aromatic rings. The summed E-state index contributed by atoms with van der Waals surface area (Å²) >= 11 is 0. The van der Waals surface area contributed by atoms with Crippen molar-refractivity contribution in [3.05, 3.63) is 12.4 Å². The lowest BCUT2D eigenvalue weighted by molar-refractivity contribution is -0.118. The van der Waals surface area contributed by atoms with E-state index in [0.717, 1.165) is 0 Å². The zero-order valence-corrected chi connectivity index (χ0v) is 11.4. The van der Waals surface area contributed by atoms with E-state index in [9.17, 15) is 13.2 Å². The molecule has 0 spiro atoms. The van der Waals surface area contributed by atoms with Crippen LogP contribution in [0.25, 0.3) is 0 Å². The van der Waals surface area contributed by atoms with Gasteiger partial charge in [0.2, 0.25) is 21.9 Å². The summed E-state index contributed by atoms with van der Waals surface area (Å²) in [4.78, 5) is 18.2. The molecule has 0 bridgehead atoms. The summed E-state index contributed by atoms with van der Waals surface area (Å²) in [5.41, 5.74) is 4.98. The first-order valence-electron chi connectivity index (χ1n) is 5.73. The predicted molar refractivity (Wildman–Crippen MR) is 69.8 cm³/mol. The van der Waals surface area contributed by atoms with E-state index in [2.05, 4.69) is 20.0 Å². The number of rotatable bonds is 8. The van der Waals surface area contributed by atoms with E-state index in [1.165, 1.54) is 12.4 Å². The molecular formula is C10H17N5O3S. The van der Waals surface area contributed by atoms with Crippen LogP contribution in [0.3, 0.4) is 0 Å². The van der Waals surface area contributed by atoms with Crippen LogP contribution in [-0.2, 0) is 14.8 Å². The van der Waals surface area contributed by atoms with Crippen molar-refractivity contribution in [2.24, 2.45) is 5.73 Å². The number of anilines is 1. The molecule has 4 N–H and O–H groups in total. The number of aromatic nitrogens is 2. The number of hydrogen-bond donors (Lipinski definition) is 3. The highest BCUT2D eigenvalue weighted by Crippen LogP contribution is 2.07. The predicted octanol–water partition coefficient (Wildman–Crippen LogP) is -0.548. The highest BCUT2D eigenvalue weighted by atomic mass is 32.2. The quantitative estimate of drug-likeness (QED) is 0.551. The van der Waals surface area contributed by atoms with E-state index < -0.39 is 10.0 Å². The molecule has 0 aromatic carbocycles. The Kier molecular flexibility index (Phi) is 5.64. The number of carbonyl (C=O) groups is 1. The molecule has 1 rings (SSSR count). The van der Waals surface area contributed by atoms with Crippen LogP contribution in [0, 0.1) is 0 Å². The Balaban J connectivity index is 2.48. The summed E-state index contributed by atoms with van der Waals surface area (Å²) in [5, 5.41) is 2.69. The number of hydrogen-bond acceptors (Lipinski definition) is 6. The van der Waals surface area contributed by atoms with Gasteiger partial charge in [-0.3, -0.25) is 4.79 Å². The number of nitrogens with zero attached hydrogens (tertiary/aromatic N) is 2. The Bertz CT molecular complexity index is 514. The van der Waals surface area contributed by atoms with E-state index in [0.29, 0.717) is 18.8 Å². The molecule has 1 amide bonds. The van der Waals surface area contributed by atoms with Crippen LogP contribution in [0.4, 0.5) is 5.95 Å². The fourth-order valence-corrected chi connectivity index (χ4v) is 2.26. The molecule has 0 unspecified atom stereocenters. The standard InChI is InChI=1S/C10H17N5O3S/c1-12-10-13-6-8(7-14-10)19(17,18)15-5-3-2-4-9(11)16/h6-7,15H,2-5H2,1H3,(H2,11,16)(H,12,13,14). The maximum absolute atomic E-state index is 11.8. The topological polar surface area (TPSA) is 127 Å². The summed E-state index contributed by atoms with van der Waals surface area (Å²) in [5.74, 6) is -0.0423. The normalized spacial score (nSPS) is 11.2. The Labute approximate surface area is 111 Å². The summed E-state index contributed by atoms with van der Waals surface area (Å²) in [7, 11) is -1.97. The second-order valence-corrected chi connectivity index (χ2v) is 5.58. The lowest BCUT2D eigenvalue weighted by Gasteiger charge is -2.06. The molecule has 0 atom stereocenters. The molecule has 0 saturated heterocycles. The summed E-state index contributed by atoms with van der Waals surface area (Å²) in [6.45, 7) is 0.239. The van der Waals surface area contributed by atoms with Gasteiger partial charge in [0.15, 0.2) is 0 Å². The minimum absolute atomic E-state index is 0.00130. The van der Waals surface area contributed by atoms with Crippen LogP contribution in [0.2, 0.25) is 0 Å². The molecule has 19 heavy (non-hydrogen) atoms. The highest BCUT2D eigenvalue weighted by molar-refractivity contribution is 7.89. The lowest BCUT2D eigenvalue weighted by Crippen LogP contribution is -2.25. The third-order valence-corrected chi connectivity index (χ3v) is 3.72. The summed E-state index contributed by atoms with van der Waals surface area (Å²) < 4.78 is 26.1. The number of sulfonamides is 1. The Morgan fingerprint density at radius 1 is 1.32 bits per heavy atom. The van der Waals surface area contributed by atoms with Gasteiger partial charge in [0.1, 0.15) is 4.90 Å². The average Bonchev–Trinajstić information content (AvgIpc) is 2.38. The minimum Gasteiger partial charge on any atom is -0.370 e. The van der Waals surface area contributed by atoms with Gasteiger partial charge in [-0.25, -0.2) is 23.1 Å². The van der Waals surface area contributed by atoms with Gasteiger partial charge in [0.05, 0.1) is 12.4 Å². The zero-order chi connectivity index (χ0) is 14.3. The third-order valence-electron chi connectivity index (χ3n) is 2.30. The van der Waals surface area contributed by atoms with Crippen molar-refractivity contribution in [1.29, 1.82) is 0 Å². The number of carbonyl (C=O) groups excluding carboxylic acids is 1. The van der Waals surface area contributed by atoms with Gasteiger partial charge < -0.3 is 11.1 Å². The third kappa shape index (κ3) is 5.18. The maximum Gasteiger partial charge on any atom is 0.243 e. The van der Waals surface area contributed by atoms with Gasteiger partial charge in [-0.15, -0.1) is 0 Å². The van der Waals surface area contributed by atoms with Crippen molar-refractivity contribution < 1.29 is 13.2 Å². The van der Waals surface area contributed by atoms with Crippen molar-refractivity contribution in [2.75, 3.05) is 18.9 Å². The largest absolute Gasteiger partial charge is 0.370 e. The minimum atomic E-state index is -3.60. The zero-order valence-electron chi connectivity index (χ0n) is 10.6. The van der Waals surface area contributed by atoms with Crippen LogP contribution in [0.15, 0.2) is 17.3 Å². The first-order chi connectivity index (χ1) is 8.95. The van der Waals surface area contributed by atoms with Crippen molar-refractivity contribution in [3.8, 4) is 0 Å². The number of primary amides is 1. The fraction of sp³-hybridized carbons (Fsp3) is 0.500. The van der Waals surface area contributed by atoms with Crippen molar-refractivity contribution in [1.82, 2.24) is 14.7 Å². The highest BCUT2D eigenvalue weighted by Gasteiger charge is 2.14. The van der Waals surface area contributed by atoms with Gasteiger partial charge in [-0.05, 0) is 12.8 Å². The molecular weight excluding hydrogens is 270 g/mol. The van der Waals surface area contributed by atoms with Gasteiger partial charge in [-0.2, -0.15) is 0 Å². The Morgan fingerprint density at radius 3 is 2.47 bits per heavy atom. The molecule has 0 aliphatic rings. The van der Waals surface area contributed by atoms with E-state index >= 15 is 0 Å². The van der Waals surface area contributed by atoms with Gasteiger partial charge >= 0.3 is 0 Å². The first kappa shape index (κ1) is 15.3. The second kappa shape index (κ2) is 7.00. The molecule has 1 heterocycles. The molecule has 8 nitrogen and oxygen atoms in total. The lowest BCUT2D eigenvalue weighted by atomic mass is 10.2. The molecule has 9 heteroatoms. The Morgan fingerprint density at radius 2 is 1.95 bits per heavy atom. The maximum atomic E-state index is 11.8. The second-order valence-electron chi connectivity index (χ2n) is 3.81. The number of unbranched alkanes of at least 4 members (excludes halogenated alkanes) is 1. The van der Waals surface area contributed by atoms with Crippen molar-refractivity contribution >= 4 is 21.9 Å². The number of nitrogens with two attached hydrogens (primary N) is 1. The fourth-order valence-electron chi connectivity index (χ4n) is 1.30. The van der Waals surface area contributed by atoms with Crippen molar-refractivity contribution in [2.45, 2.75) is 24.2 Å². The van der Waals surface area contributed by atoms with Crippen LogP contribution in [0.5, 0.6) is 0 Å². The molecule has 0 fully saturated rings. The summed E-state index contributed by atoms with van der Waals surface area (Å²) in [6.07, 6.45) is 3.79. The van der Waals surface area contributed by atoms with Crippen molar-refractivity contribution in [3.63, 3.8) is 0 Å². The monoisotopic (exact) mass is 287 g/mol. The SMILES string of the molecule is CNc1ncc(S(=O)(=O)NCCCCC(N)=O)cn1. The Hall–Kier alpha value is -1.74. The van der Waals surface area contributed by atoms with E-state index in [4.69, 9.17) is 5.73 Å². The number of amides is 1. The molecule has 1 aromatic heterocycles. The first-order valence-corrected chi connectivity index (χ1v) is 7.22. The molecule has 0 radical (unpaired) electrons. The number of nitrogens with one attached hydrogen (secondary N) is 2. The van der Waals surface area contributed by atoms with Crippen LogP contribution < -0.4 is 15.8 Å². The molecule has 0 aliphatic heterocycles. The van der Waals surface area contributed by atoms with E-state index in [1.54, 1.807) is 7.05 Å². The van der Waals surface area contributed by atoms with Crippen LogP contribution in [0.1, 0.15) is 19.3 Å². The van der Waals surface area contributed by atoms with Crippen LogP contribution in [-0.4, -0.2) is 37.9 Å². The smallest absolute Gasteiger partial charge is 0.243 e. The van der Waals surface area contributed by atoms with E-state index in [1.807, 2.05) is 0 Å². The average molecular weight is 287 g/mol. The van der Waals surface area contributed by atoms with E-state index in [-0.39, 0.29) is 23.8 Å². The molecule has 106 valence electrons. The summed E-state index contributed by atoms with van der Waals surface area (Å²) in [6, 6.07) is 0. The molecule has 0 aliphatic carbocycles.